The summed E-state index contributed by atoms with van der Waals surface area (Å²) in [6.45, 7) is 3.59. The number of amides is 3. The Morgan fingerprint density at radius 3 is 2.60 bits per heavy atom. The van der Waals surface area contributed by atoms with Gasteiger partial charge in [0.2, 0.25) is 5.91 Å². The molecule has 160 valence electrons. The smallest absolute Gasteiger partial charge is 0.315 e. The van der Waals surface area contributed by atoms with Gasteiger partial charge >= 0.3 is 6.03 Å². The number of para-hydroxylation sites is 1. The molecule has 0 saturated carbocycles. The van der Waals surface area contributed by atoms with Crippen molar-refractivity contribution in [3.63, 3.8) is 0 Å². The van der Waals surface area contributed by atoms with Gasteiger partial charge in [-0.05, 0) is 43.5 Å². The van der Waals surface area contributed by atoms with Crippen molar-refractivity contribution in [2.45, 2.75) is 32.4 Å². The maximum Gasteiger partial charge on any atom is 0.315 e. The van der Waals surface area contributed by atoms with Crippen molar-refractivity contribution >= 4 is 17.6 Å². The second-order valence-corrected chi connectivity index (χ2v) is 7.20. The summed E-state index contributed by atoms with van der Waals surface area (Å²) < 4.78 is 5.74. The van der Waals surface area contributed by atoms with Crippen LogP contribution in [0.5, 0.6) is 5.75 Å². The third kappa shape index (κ3) is 5.43. The van der Waals surface area contributed by atoms with E-state index in [1.54, 1.807) is 0 Å². The molecule has 0 bridgehead atoms. The summed E-state index contributed by atoms with van der Waals surface area (Å²) in [7, 11) is 1.86. The first-order valence-corrected chi connectivity index (χ1v) is 10.4. The van der Waals surface area contributed by atoms with E-state index >= 15 is 0 Å². The first-order chi connectivity index (χ1) is 14.6. The fraction of sp³-hybridized carbons (Fsp3) is 0.391. The number of hydrogen-bond acceptors (Lipinski definition) is 4. The second-order valence-electron chi connectivity index (χ2n) is 7.20. The molecule has 1 unspecified atom stereocenters. The molecule has 1 aliphatic heterocycles. The molecule has 0 aromatic heterocycles. The van der Waals surface area contributed by atoms with Gasteiger partial charge in [0.05, 0.1) is 19.2 Å². The van der Waals surface area contributed by atoms with Crippen LogP contribution in [-0.2, 0) is 11.3 Å². The largest absolute Gasteiger partial charge is 0.494 e. The number of nitrogens with one attached hydrogen (secondary N) is 3. The fourth-order valence-electron chi connectivity index (χ4n) is 3.72. The van der Waals surface area contributed by atoms with E-state index in [-0.39, 0.29) is 24.5 Å². The van der Waals surface area contributed by atoms with Crippen LogP contribution in [0.1, 0.15) is 36.9 Å². The van der Waals surface area contributed by atoms with Gasteiger partial charge in [0, 0.05) is 31.4 Å². The zero-order valence-electron chi connectivity index (χ0n) is 17.6. The number of nitrogens with zero attached hydrogens (tertiary/aromatic N) is 1. The van der Waals surface area contributed by atoms with Crippen LogP contribution in [0, 0.1) is 0 Å². The van der Waals surface area contributed by atoms with Crippen molar-refractivity contribution < 1.29 is 14.3 Å². The molecule has 1 heterocycles. The molecule has 0 spiro atoms. The van der Waals surface area contributed by atoms with Gasteiger partial charge in [0.25, 0.3) is 0 Å². The van der Waals surface area contributed by atoms with Crippen LogP contribution in [0.25, 0.3) is 0 Å². The van der Waals surface area contributed by atoms with E-state index in [2.05, 4.69) is 16.0 Å². The third-order valence-corrected chi connectivity index (χ3v) is 5.25. The van der Waals surface area contributed by atoms with E-state index in [4.69, 9.17) is 4.74 Å². The normalized spacial score (nSPS) is 15.5. The molecule has 1 fully saturated rings. The molecule has 3 N–H and O–H groups in total. The van der Waals surface area contributed by atoms with Gasteiger partial charge in [-0.25, -0.2) is 4.79 Å². The zero-order valence-corrected chi connectivity index (χ0v) is 17.6. The van der Waals surface area contributed by atoms with E-state index in [9.17, 15) is 9.59 Å². The minimum atomic E-state index is -0.355. The number of carbonyl (C=O) groups excluding carboxylic acids is 2. The number of urea groups is 1. The minimum Gasteiger partial charge on any atom is -0.494 e. The molecule has 2 aromatic carbocycles. The lowest BCUT2D eigenvalue weighted by Crippen LogP contribution is -2.43. The molecule has 0 aliphatic carbocycles. The maximum absolute atomic E-state index is 12.8. The summed E-state index contributed by atoms with van der Waals surface area (Å²) in [6, 6.07) is 15.3. The summed E-state index contributed by atoms with van der Waals surface area (Å²) in [5.74, 6) is 0.733. The Kier molecular flexibility index (Phi) is 7.54. The lowest BCUT2D eigenvalue weighted by molar-refractivity contribution is -0.131. The molecule has 0 radical (unpaired) electrons. The highest BCUT2D eigenvalue weighted by molar-refractivity contribution is 5.84. The highest BCUT2D eigenvalue weighted by atomic mass is 16.5. The first-order valence-electron chi connectivity index (χ1n) is 10.4. The number of anilines is 1. The van der Waals surface area contributed by atoms with E-state index in [0.29, 0.717) is 19.7 Å². The minimum absolute atomic E-state index is 0.0178. The van der Waals surface area contributed by atoms with Crippen molar-refractivity contribution in [3.8, 4) is 5.75 Å². The Morgan fingerprint density at radius 1 is 1.10 bits per heavy atom. The van der Waals surface area contributed by atoms with Crippen molar-refractivity contribution in [3.05, 3.63) is 59.7 Å². The van der Waals surface area contributed by atoms with E-state index in [0.717, 1.165) is 35.4 Å². The lowest BCUT2D eigenvalue weighted by Gasteiger charge is -2.26. The zero-order chi connectivity index (χ0) is 21.3. The molecule has 30 heavy (non-hydrogen) atoms. The fourth-order valence-corrected chi connectivity index (χ4v) is 3.72. The van der Waals surface area contributed by atoms with Crippen molar-refractivity contribution in [2.24, 2.45) is 0 Å². The Morgan fingerprint density at radius 2 is 1.87 bits per heavy atom. The number of ether oxygens (including phenoxy) is 1. The molecule has 7 heteroatoms. The van der Waals surface area contributed by atoms with E-state index in [1.165, 1.54) is 0 Å². The molecule has 7 nitrogen and oxygen atoms in total. The van der Waals surface area contributed by atoms with Gasteiger partial charge in [0.15, 0.2) is 0 Å². The summed E-state index contributed by atoms with van der Waals surface area (Å²) in [4.78, 5) is 26.7. The van der Waals surface area contributed by atoms with E-state index in [1.807, 2.05) is 67.4 Å². The first kappa shape index (κ1) is 21.5. The molecule has 1 aliphatic rings. The van der Waals surface area contributed by atoms with Crippen LogP contribution >= 0.6 is 0 Å². The maximum atomic E-state index is 12.8. The number of rotatable bonds is 8. The Balaban J connectivity index is 1.51. The van der Waals surface area contributed by atoms with Gasteiger partial charge in [-0.2, -0.15) is 0 Å². The summed E-state index contributed by atoms with van der Waals surface area (Å²) in [6.07, 6.45) is 1.83. The van der Waals surface area contributed by atoms with Crippen LogP contribution in [0.4, 0.5) is 10.5 Å². The Bertz CT molecular complexity index is 854. The molecule has 2 aromatic rings. The quantitative estimate of drug-likeness (QED) is 0.624. The molecule has 3 rings (SSSR count). The van der Waals surface area contributed by atoms with Crippen molar-refractivity contribution in [1.29, 1.82) is 0 Å². The average molecular weight is 411 g/mol. The SMILES string of the molecule is CCOc1ccccc1C1CCCN1C(=O)CNC(=O)NCc1ccc(NC)cc1. The average Bonchev–Trinajstić information content (AvgIpc) is 3.27. The summed E-state index contributed by atoms with van der Waals surface area (Å²) >= 11 is 0. The number of hydrogen-bond donors (Lipinski definition) is 3. The molecule has 3 amide bonds. The standard InChI is InChI=1S/C23H30N4O3/c1-3-30-21-9-5-4-7-19(21)20-8-6-14-27(20)22(28)16-26-23(29)25-15-17-10-12-18(24-2)13-11-17/h4-5,7,9-13,20,24H,3,6,8,14-16H2,1-2H3,(H2,25,26,29). The van der Waals surface area contributed by atoms with Crippen LogP contribution < -0.4 is 20.7 Å². The molecule has 1 saturated heterocycles. The van der Waals surface area contributed by atoms with Crippen LogP contribution in [-0.4, -0.2) is 43.6 Å². The topological polar surface area (TPSA) is 82.7 Å². The van der Waals surface area contributed by atoms with Gasteiger partial charge in [-0.1, -0.05) is 30.3 Å². The van der Waals surface area contributed by atoms with Crippen LogP contribution in [0.15, 0.2) is 48.5 Å². The van der Waals surface area contributed by atoms with Crippen LogP contribution in [0.3, 0.4) is 0 Å². The number of benzene rings is 2. The summed E-state index contributed by atoms with van der Waals surface area (Å²) in [5, 5.41) is 8.52. The molecular weight excluding hydrogens is 380 g/mol. The van der Waals surface area contributed by atoms with Crippen molar-refractivity contribution in [2.75, 3.05) is 32.1 Å². The van der Waals surface area contributed by atoms with Crippen molar-refractivity contribution in [1.82, 2.24) is 15.5 Å². The Labute approximate surface area is 177 Å². The molecular formula is C23H30N4O3. The number of carbonyl (C=O) groups is 2. The number of likely N-dealkylation sites (tertiary alicyclic amines) is 1. The van der Waals surface area contributed by atoms with E-state index < -0.39 is 0 Å². The van der Waals surface area contributed by atoms with Gasteiger partial charge < -0.3 is 25.6 Å². The second kappa shape index (κ2) is 10.5. The lowest BCUT2D eigenvalue weighted by atomic mass is 10.0. The van der Waals surface area contributed by atoms with Crippen LogP contribution in [0.2, 0.25) is 0 Å². The Hall–Kier alpha value is -3.22. The van der Waals surface area contributed by atoms with Gasteiger partial charge in [-0.15, -0.1) is 0 Å². The van der Waals surface area contributed by atoms with Gasteiger partial charge in [-0.3, -0.25) is 4.79 Å². The predicted molar refractivity (Wildman–Crippen MR) is 118 cm³/mol. The summed E-state index contributed by atoms with van der Waals surface area (Å²) in [5.41, 5.74) is 3.03. The monoisotopic (exact) mass is 410 g/mol. The predicted octanol–water partition coefficient (Wildman–Crippen LogP) is 3.29. The highest BCUT2D eigenvalue weighted by Gasteiger charge is 2.31. The van der Waals surface area contributed by atoms with Gasteiger partial charge in [0.1, 0.15) is 5.75 Å². The third-order valence-electron chi connectivity index (χ3n) is 5.25. The highest BCUT2D eigenvalue weighted by Crippen LogP contribution is 2.36. The molecule has 1 atom stereocenters.